The topological polar surface area (TPSA) is 69.6 Å². The summed E-state index contributed by atoms with van der Waals surface area (Å²) in [5, 5.41) is 0.292. The maximum atomic E-state index is 5.91. The maximum Gasteiger partial charge on any atom is 0.223 e. The van der Waals surface area contributed by atoms with Crippen molar-refractivity contribution >= 4 is 28.7 Å². The molecule has 84 valence electrons. The fraction of sp³-hybridized carbons (Fsp3) is 0.300. The van der Waals surface area contributed by atoms with Gasteiger partial charge in [0.05, 0.1) is 6.33 Å². The fourth-order valence-electron chi connectivity index (χ4n) is 1.41. The molecule has 0 aliphatic rings. The molecule has 6 heteroatoms. The molecule has 2 aromatic rings. The van der Waals surface area contributed by atoms with Crippen LogP contribution in [0.1, 0.15) is 13.3 Å². The molecule has 2 heterocycles. The summed E-state index contributed by atoms with van der Waals surface area (Å²) in [6, 6.07) is 0. The van der Waals surface area contributed by atoms with Crippen LogP contribution in [0.25, 0.3) is 11.2 Å². The first-order valence-electron chi connectivity index (χ1n) is 5.01. The van der Waals surface area contributed by atoms with Crippen LogP contribution in [-0.2, 0) is 6.54 Å². The Labute approximate surface area is 98.0 Å². The van der Waals surface area contributed by atoms with Crippen LogP contribution in [0.5, 0.6) is 0 Å². The van der Waals surface area contributed by atoms with Gasteiger partial charge in [-0.3, -0.25) is 0 Å². The second-order valence-electron chi connectivity index (χ2n) is 3.32. The van der Waals surface area contributed by atoms with Gasteiger partial charge in [-0.25, -0.2) is 4.98 Å². The predicted molar refractivity (Wildman–Crippen MR) is 64.2 cm³/mol. The van der Waals surface area contributed by atoms with Crippen LogP contribution in [0.4, 0.5) is 5.95 Å². The zero-order chi connectivity index (χ0) is 11.5. The van der Waals surface area contributed by atoms with Crippen LogP contribution in [0.2, 0.25) is 5.15 Å². The van der Waals surface area contributed by atoms with E-state index in [0.29, 0.717) is 22.9 Å². The van der Waals surface area contributed by atoms with Crippen LogP contribution >= 0.6 is 11.6 Å². The van der Waals surface area contributed by atoms with Crippen molar-refractivity contribution in [3.05, 3.63) is 23.6 Å². The van der Waals surface area contributed by atoms with Gasteiger partial charge in [-0.05, 0) is 6.42 Å². The Bertz CT molecular complexity index is 531. The zero-order valence-electron chi connectivity index (χ0n) is 8.89. The third kappa shape index (κ3) is 1.99. The van der Waals surface area contributed by atoms with Crippen molar-refractivity contribution in [2.45, 2.75) is 19.9 Å². The minimum absolute atomic E-state index is 0.165. The summed E-state index contributed by atoms with van der Waals surface area (Å²) in [6.45, 7) is 2.79. The van der Waals surface area contributed by atoms with Crippen molar-refractivity contribution in [2.24, 2.45) is 0 Å². The molecule has 2 rings (SSSR count). The summed E-state index contributed by atoms with van der Waals surface area (Å²) in [5.41, 5.74) is 6.79. The summed E-state index contributed by atoms with van der Waals surface area (Å²) in [7, 11) is 0. The van der Waals surface area contributed by atoms with Crippen LogP contribution in [-0.4, -0.2) is 19.5 Å². The highest BCUT2D eigenvalue weighted by Crippen LogP contribution is 2.19. The molecule has 0 radical (unpaired) electrons. The minimum Gasteiger partial charge on any atom is -0.368 e. The summed E-state index contributed by atoms with van der Waals surface area (Å²) >= 11 is 5.91. The normalized spacial score (nSPS) is 11.6. The molecule has 0 amide bonds. The van der Waals surface area contributed by atoms with Crippen LogP contribution < -0.4 is 5.73 Å². The highest BCUT2D eigenvalue weighted by atomic mass is 35.5. The number of halogens is 1. The number of imidazole rings is 1. The lowest BCUT2D eigenvalue weighted by Gasteiger charge is -1.99. The Morgan fingerprint density at radius 3 is 3.00 bits per heavy atom. The van der Waals surface area contributed by atoms with Crippen molar-refractivity contribution < 1.29 is 0 Å². The SMILES string of the molecule is CC/C=C\Cn1cnc2c(Cl)nc(N)nc21. The van der Waals surface area contributed by atoms with Gasteiger partial charge in [0.25, 0.3) is 0 Å². The van der Waals surface area contributed by atoms with Gasteiger partial charge in [0.2, 0.25) is 5.95 Å². The fourth-order valence-corrected chi connectivity index (χ4v) is 1.63. The first kappa shape index (κ1) is 10.9. The number of nitrogen functional groups attached to an aromatic ring is 1. The Morgan fingerprint density at radius 2 is 2.25 bits per heavy atom. The van der Waals surface area contributed by atoms with Crippen LogP contribution in [0.15, 0.2) is 18.5 Å². The van der Waals surface area contributed by atoms with E-state index < -0.39 is 0 Å². The summed E-state index contributed by atoms with van der Waals surface area (Å²) < 4.78 is 1.88. The second kappa shape index (κ2) is 4.49. The predicted octanol–water partition coefficient (Wildman–Crippen LogP) is 2.03. The largest absolute Gasteiger partial charge is 0.368 e. The second-order valence-corrected chi connectivity index (χ2v) is 3.68. The lowest BCUT2D eigenvalue weighted by atomic mass is 10.4. The lowest BCUT2D eigenvalue weighted by Crippen LogP contribution is -2.00. The van der Waals surface area contributed by atoms with Gasteiger partial charge in [-0.1, -0.05) is 30.7 Å². The van der Waals surface area contributed by atoms with Crippen molar-refractivity contribution in [3.63, 3.8) is 0 Å². The monoisotopic (exact) mass is 237 g/mol. The first-order valence-corrected chi connectivity index (χ1v) is 5.39. The van der Waals surface area contributed by atoms with Gasteiger partial charge in [0.15, 0.2) is 10.8 Å². The molecule has 2 aromatic heterocycles. The van der Waals surface area contributed by atoms with Gasteiger partial charge in [-0.15, -0.1) is 0 Å². The van der Waals surface area contributed by atoms with E-state index in [4.69, 9.17) is 17.3 Å². The lowest BCUT2D eigenvalue weighted by molar-refractivity contribution is 0.834. The highest BCUT2D eigenvalue weighted by Gasteiger charge is 2.09. The molecule has 0 saturated carbocycles. The van der Waals surface area contributed by atoms with E-state index in [-0.39, 0.29) is 5.95 Å². The number of anilines is 1. The molecular formula is C10H12ClN5. The molecule has 2 N–H and O–H groups in total. The number of nitrogens with two attached hydrogens (primary N) is 1. The summed E-state index contributed by atoms with van der Waals surface area (Å²) in [5.74, 6) is 0.165. The Balaban J connectivity index is 2.43. The van der Waals surface area contributed by atoms with Gasteiger partial charge in [0, 0.05) is 6.54 Å². The van der Waals surface area contributed by atoms with E-state index in [1.54, 1.807) is 6.33 Å². The van der Waals surface area contributed by atoms with Crippen molar-refractivity contribution in [1.29, 1.82) is 0 Å². The molecule has 0 fully saturated rings. The molecule has 0 aliphatic heterocycles. The van der Waals surface area contributed by atoms with Gasteiger partial charge in [0.1, 0.15) is 5.52 Å². The average Bonchev–Trinajstić information content (AvgIpc) is 2.62. The molecule has 0 unspecified atom stereocenters. The molecule has 0 atom stereocenters. The number of nitrogens with zero attached hydrogens (tertiary/aromatic N) is 4. The van der Waals surface area contributed by atoms with Gasteiger partial charge >= 0.3 is 0 Å². The Morgan fingerprint density at radius 1 is 1.44 bits per heavy atom. The smallest absolute Gasteiger partial charge is 0.223 e. The number of hydrogen-bond donors (Lipinski definition) is 1. The van der Waals surface area contributed by atoms with Crippen LogP contribution in [0, 0.1) is 0 Å². The van der Waals surface area contributed by atoms with E-state index in [9.17, 15) is 0 Å². The van der Waals surface area contributed by atoms with Gasteiger partial charge in [-0.2, -0.15) is 9.97 Å². The molecule has 0 bridgehead atoms. The van der Waals surface area contributed by atoms with E-state index in [0.717, 1.165) is 6.42 Å². The van der Waals surface area contributed by atoms with Crippen LogP contribution in [0.3, 0.4) is 0 Å². The molecular weight excluding hydrogens is 226 g/mol. The Hall–Kier alpha value is -1.62. The molecule has 16 heavy (non-hydrogen) atoms. The number of rotatable bonds is 3. The van der Waals surface area contributed by atoms with E-state index >= 15 is 0 Å². The standard InChI is InChI=1S/C10H12ClN5/c1-2-3-4-5-16-6-13-7-8(11)14-10(12)15-9(7)16/h3-4,6H,2,5H2,1H3,(H2,12,14,15)/b4-3-. The van der Waals surface area contributed by atoms with E-state index in [1.165, 1.54) is 0 Å². The molecule has 0 aliphatic carbocycles. The van der Waals surface area contributed by atoms with Gasteiger partial charge < -0.3 is 10.3 Å². The maximum absolute atomic E-state index is 5.91. The number of fused-ring (bicyclic) bond motifs is 1. The summed E-state index contributed by atoms with van der Waals surface area (Å²) in [4.78, 5) is 12.1. The highest BCUT2D eigenvalue weighted by molar-refractivity contribution is 6.33. The minimum atomic E-state index is 0.165. The number of aromatic nitrogens is 4. The molecule has 5 nitrogen and oxygen atoms in total. The van der Waals surface area contributed by atoms with Crippen molar-refractivity contribution in [1.82, 2.24) is 19.5 Å². The van der Waals surface area contributed by atoms with E-state index in [2.05, 4.69) is 28.0 Å². The first-order chi connectivity index (χ1) is 7.72. The quantitative estimate of drug-likeness (QED) is 0.655. The number of allylic oxidation sites excluding steroid dienone is 2. The zero-order valence-corrected chi connectivity index (χ0v) is 9.65. The van der Waals surface area contributed by atoms with Crippen molar-refractivity contribution in [2.75, 3.05) is 5.73 Å². The molecule has 0 saturated heterocycles. The average molecular weight is 238 g/mol. The third-order valence-corrected chi connectivity index (χ3v) is 2.41. The van der Waals surface area contributed by atoms with Crippen molar-refractivity contribution in [3.8, 4) is 0 Å². The molecule has 0 aromatic carbocycles. The third-order valence-electron chi connectivity index (χ3n) is 2.14. The van der Waals surface area contributed by atoms with E-state index in [1.807, 2.05) is 10.6 Å². The Kier molecular flexibility index (Phi) is 3.05. The summed E-state index contributed by atoms with van der Waals surface area (Å²) in [6.07, 6.45) is 6.82. The molecule has 0 spiro atoms. The number of hydrogen-bond acceptors (Lipinski definition) is 4.